The highest BCUT2D eigenvalue weighted by atomic mass is 16.5. The Labute approximate surface area is 97.6 Å². The van der Waals surface area contributed by atoms with Crippen molar-refractivity contribution < 1.29 is 9.47 Å². The van der Waals surface area contributed by atoms with Crippen LogP contribution in [0.1, 0.15) is 31.2 Å². The van der Waals surface area contributed by atoms with Crippen molar-refractivity contribution in [1.82, 2.24) is 0 Å². The van der Waals surface area contributed by atoms with E-state index in [-0.39, 0.29) is 0 Å². The second kappa shape index (κ2) is 5.24. The molecule has 1 saturated carbocycles. The maximum Gasteiger partial charge on any atom is 0.125 e. The van der Waals surface area contributed by atoms with E-state index in [0.29, 0.717) is 0 Å². The van der Waals surface area contributed by atoms with Gasteiger partial charge in [0.2, 0.25) is 0 Å². The molecule has 1 aliphatic rings. The number of benzene rings is 1. The Morgan fingerprint density at radius 2 is 1.88 bits per heavy atom. The van der Waals surface area contributed by atoms with Crippen LogP contribution in [0.15, 0.2) is 18.2 Å². The summed E-state index contributed by atoms with van der Waals surface area (Å²) in [6.45, 7) is 0. The molecule has 0 heterocycles. The van der Waals surface area contributed by atoms with Crippen LogP contribution in [0.4, 0.5) is 0 Å². The zero-order valence-electron chi connectivity index (χ0n) is 10.2. The Morgan fingerprint density at radius 3 is 2.50 bits per heavy atom. The fourth-order valence-electron chi connectivity index (χ4n) is 2.55. The Hall–Kier alpha value is -1.18. The Morgan fingerprint density at radius 1 is 1.12 bits per heavy atom. The minimum atomic E-state index is 0.849. The fraction of sp³-hybridized carbons (Fsp3) is 0.571. The van der Waals surface area contributed by atoms with E-state index in [2.05, 4.69) is 6.07 Å². The van der Waals surface area contributed by atoms with Gasteiger partial charge in [-0.2, -0.15) is 0 Å². The van der Waals surface area contributed by atoms with E-state index in [0.717, 1.165) is 23.8 Å². The molecule has 0 aromatic heterocycles. The van der Waals surface area contributed by atoms with Gasteiger partial charge in [-0.25, -0.2) is 0 Å². The van der Waals surface area contributed by atoms with Crippen molar-refractivity contribution in [3.63, 3.8) is 0 Å². The first-order valence-corrected chi connectivity index (χ1v) is 6.04. The third-order valence-corrected chi connectivity index (χ3v) is 3.48. The van der Waals surface area contributed by atoms with Crippen molar-refractivity contribution in [2.45, 2.75) is 32.1 Å². The molecular weight excluding hydrogens is 200 g/mol. The summed E-state index contributed by atoms with van der Waals surface area (Å²) in [6.07, 6.45) is 6.67. The Balaban J connectivity index is 2.12. The second-order valence-corrected chi connectivity index (χ2v) is 4.53. The number of hydrogen-bond donors (Lipinski definition) is 0. The van der Waals surface area contributed by atoms with Crippen LogP contribution >= 0.6 is 0 Å². The van der Waals surface area contributed by atoms with Gasteiger partial charge in [0.25, 0.3) is 0 Å². The molecule has 2 rings (SSSR count). The number of ether oxygens (including phenoxy) is 2. The lowest BCUT2D eigenvalue weighted by molar-refractivity contribution is 0.387. The molecular formula is C14H20O2. The SMILES string of the molecule is COc1ccc(CC2CCCC2)c(OC)c1. The molecule has 0 amide bonds. The van der Waals surface area contributed by atoms with E-state index in [1.807, 2.05) is 12.1 Å². The van der Waals surface area contributed by atoms with Gasteiger partial charge in [0.1, 0.15) is 11.5 Å². The maximum atomic E-state index is 5.42. The van der Waals surface area contributed by atoms with Crippen LogP contribution in [-0.2, 0) is 6.42 Å². The van der Waals surface area contributed by atoms with Crippen LogP contribution in [0.5, 0.6) is 11.5 Å². The van der Waals surface area contributed by atoms with Gasteiger partial charge < -0.3 is 9.47 Å². The summed E-state index contributed by atoms with van der Waals surface area (Å²) >= 11 is 0. The van der Waals surface area contributed by atoms with Crippen molar-refractivity contribution >= 4 is 0 Å². The van der Waals surface area contributed by atoms with E-state index in [1.54, 1.807) is 14.2 Å². The lowest BCUT2D eigenvalue weighted by atomic mass is 9.97. The summed E-state index contributed by atoms with van der Waals surface area (Å²) in [5.41, 5.74) is 1.32. The van der Waals surface area contributed by atoms with Crippen molar-refractivity contribution in [3.8, 4) is 11.5 Å². The first-order valence-electron chi connectivity index (χ1n) is 6.04. The molecule has 1 aromatic carbocycles. The molecule has 2 nitrogen and oxygen atoms in total. The predicted octanol–water partition coefficient (Wildman–Crippen LogP) is 3.44. The molecule has 0 aliphatic heterocycles. The molecule has 1 fully saturated rings. The zero-order chi connectivity index (χ0) is 11.4. The number of hydrogen-bond acceptors (Lipinski definition) is 2. The minimum absolute atomic E-state index is 0.849. The molecule has 0 unspecified atom stereocenters. The second-order valence-electron chi connectivity index (χ2n) is 4.53. The third kappa shape index (κ3) is 2.49. The lowest BCUT2D eigenvalue weighted by Gasteiger charge is -2.13. The predicted molar refractivity (Wildman–Crippen MR) is 65.2 cm³/mol. The van der Waals surface area contributed by atoms with E-state index in [9.17, 15) is 0 Å². The van der Waals surface area contributed by atoms with Crippen LogP contribution in [0.2, 0.25) is 0 Å². The minimum Gasteiger partial charge on any atom is -0.497 e. The molecule has 2 heteroatoms. The Kier molecular flexibility index (Phi) is 3.70. The highest BCUT2D eigenvalue weighted by Gasteiger charge is 2.17. The molecule has 1 aliphatic carbocycles. The Bertz CT molecular complexity index is 341. The normalized spacial score (nSPS) is 16.4. The van der Waals surface area contributed by atoms with Crippen LogP contribution in [0.3, 0.4) is 0 Å². The van der Waals surface area contributed by atoms with Crippen LogP contribution in [-0.4, -0.2) is 14.2 Å². The van der Waals surface area contributed by atoms with Gasteiger partial charge in [0, 0.05) is 6.07 Å². The van der Waals surface area contributed by atoms with Gasteiger partial charge >= 0.3 is 0 Å². The average Bonchev–Trinajstić information content (AvgIpc) is 2.82. The van der Waals surface area contributed by atoms with E-state index in [4.69, 9.17) is 9.47 Å². The zero-order valence-corrected chi connectivity index (χ0v) is 10.2. The van der Waals surface area contributed by atoms with Crippen LogP contribution < -0.4 is 9.47 Å². The highest BCUT2D eigenvalue weighted by molar-refractivity contribution is 5.41. The summed E-state index contributed by atoms with van der Waals surface area (Å²) in [5.74, 6) is 2.68. The molecule has 0 spiro atoms. The molecule has 16 heavy (non-hydrogen) atoms. The smallest absolute Gasteiger partial charge is 0.125 e. The van der Waals surface area contributed by atoms with E-state index < -0.39 is 0 Å². The molecule has 0 atom stereocenters. The van der Waals surface area contributed by atoms with Crippen molar-refractivity contribution in [2.24, 2.45) is 5.92 Å². The first-order chi connectivity index (χ1) is 7.83. The van der Waals surface area contributed by atoms with E-state index in [1.165, 1.54) is 31.2 Å². The largest absolute Gasteiger partial charge is 0.497 e. The monoisotopic (exact) mass is 220 g/mol. The van der Waals surface area contributed by atoms with Gasteiger partial charge in [0.05, 0.1) is 14.2 Å². The van der Waals surface area contributed by atoms with Gasteiger partial charge in [-0.1, -0.05) is 31.7 Å². The quantitative estimate of drug-likeness (QED) is 0.774. The lowest BCUT2D eigenvalue weighted by Crippen LogP contribution is -2.01. The molecule has 1 aromatic rings. The summed E-state index contributed by atoms with van der Waals surface area (Å²) in [5, 5.41) is 0. The molecule has 88 valence electrons. The summed E-state index contributed by atoms with van der Waals surface area (Å²) < 4.78 is 10.6. The topological polar surface area (TPSA) is 18.5 Å². The number of methoxy groups -OCH3 is 2. The standard InChI is InChI=1S/C14H20O2/c1-15-13-8-7-12(14(10-13)16-2)9-11-5-3-4-6-11/h7-8,10-11H,3-6,9H2,1-2H3. The summed E-state index contributed by atoms with van der Waals surface area (Å²) in [6, 6.07) is 6.13. The molecule has 0 saturated heterocycles. The van der Waals surface area contributed by atoms with E-state index >= 15 is 0 Å². The van der Waals surface area contributed by atoms with Crippen molar-refractivity contribution in [2.75, 3.05) is 14.2 Å². The van der Waals surface area contributed by atoms with Crippen molar-refractivity contribution in [3.05, 3.63) is 23.8 Å². The van der Waals surface area contributed by atoms with Crippen molar-refractivity contribution in [1.29, 1.82) is 0 Å². The van der Waals surface area contributed by atoms with Crippen LogP contribution in [0, 0.1) is 5.92 Å². The molecule has 0 radical (unpaired) electrons. The summed E-state index contributed by atoms with van der Waals surface area (Å²) in [7, 11) is 3.42. The summed E-state index contributed by atoms with van der Waals surface area (Å²) in [4.78, 5) is 0. The van der Waals surface area contributed by atoms with Gasteiger partial charge in [-0.05, 0) is 24.0 Å². The van der Waals surface area contributed by atoms with Crippen LogP contribution in [0.25, 0.3) is 0 Å². The number of rotatable bonds is 4. The van der Waals surface area contributed by atoms with Gasteiger partial charge in [-0.3, -0.25) is 0 Å². The van der Waals surface area contributed by atoms with Gasteiger partial charge in [0.15, 0.2) is 0 Å². The fourth-order valence-corrected chi connectivity index (χ4v) is 2.55. The molecule has 0 N–H and O–H groups in total. The molecule has 0 bridgehead atoms. The third-order valence-electron chi connectivity index (χ3n) is 3.48. The first kappa shape index (κ1) is 11.3. The average molecular weight is 220 g/mol. The van der Waals surface area contributed by atoms with Gasteiger partial charge in [-0.15, -0.1) is 0 Å². The maximum absolute atomic E-state index is 5.42. The highest BCUT2D eigenvalue weighted by Crippen LogP contribution is 2.32.